The molecule has 6 aromatic rings. The molecule has 62 heavy (non-hydrogen) atoms. The number of likely N-dealkylation sites (tertiary alicyclic amines) is 1. The number of aryl methyl sites for hydroxylation is 1. The van der Waals surface area contributed by atoms with Gasteiger partial charge in [-0.15, -0.1) is 0 Å². The second kappa shape index (κ2) is 18.1. The number of para-hydroxylation sites is 3. The van der Waals surface area contributed by atoms with E-state index in [0.29, 0.717) is 92.2 Å². The monoisotopic (exact) mass is 845 g/mol. The van der Waals surface area contributed by atoms with E-state index in [0.717, 1.165) is 49.6 Å². The molecule has 14 nitrogen and oxygen atoms in total. The highest BCUT2D eigenvalue weighted by molar-refractivity contribution is 6.00. The number of aromatic nitrogens is 6. The maximum absolute atomic E-state index is 15.4. The predicted molar refractivity (Wildman–Crippen MR) is 228 cm³/mol. The molecule has 9 rings (SSSR count). The molecule has 1 unspecified atom stereocenters. The summed E-state index contributed by atoms with van der Waals surface area (Å²) in [5.74, 6) is -1.82. The predicted octanol–water partition coefficient (Wildman–Crippen LogP) is 6.18. The fourth-order valence-electron chi connectivity index (χ4n) is 9.08. The molecular weight excluding hydrogens is 797 g/mol. The molecular formula is C46H49F2N9O5. The Hall–Kier alpha value is -6.13. The minimum Gasteiger partial charge on any atom is -0.379 e. The summed E-state index contributed by atoms with van der Waals surface area (Å²) < 4.78 is 41.3. The Kier molecular flexibility index (Phi) is 12.0. The van der Waals surface area contributed by atoms with Crippen molar-refractivity contribution in [1.82, 2.24) is 44.0 Å². The molecule has 3 aromatic carbocycles. The molecule has 0 bridgehead atoms. The number of unbranched alkanes of at least 4 members (excludes halogenated alkanes) is 3. The van der Waals surface area contributed by atoms with Crippen molar-refractivity contribution >= 4 is 39.8 Å². The summed E-state index contributed by atoms with van der Waals surface area (Å²) in [5.41, 5.74) is 4.73. The number of fused-ring (bicyclic) bond motifs is 2. The lowest BCUT2D eigenvalue weighted by atomic mass is 10.0. The van der Waals surface area contributed by atoms with Gasteiger partial charge in [-0.2, -0.15) is 5.10 Å². The summed E-state index contributed by atoms with van der Waals surface area (Å²) in [5, 5.41) is 7.02. The van der Waals surface area contributed by atoms with E-state index in [1.54, 1.807) is 29.1 Å². The smallest absolute Gasteiger partial charge is 0.329 e. The fraction of sp³-hybridized carbons (Fsp3) is 0.413. The number of halogens is 2. The Morgan fingerprint density at radius 2 is 1.60 bits per heavy atom. The van der Waals surface area contributed by atoms with Crippen LogP contribution in [0.2, 0.25) is 0 Å². The van der Waals surface area contributed by atoms with Crippen LogP contribution < -0.4 is 11.0 Å². The van der Waals surface area contributed by atoms with Crippen molar-refractivity contribution in [3.8, 4) is 22.4 Å². The van der Waals surface area contributed by atoms with Gasteiger partial charge in [0, 0.05) is 75.0 Å². The molecule has 3 aliphatic rings. The Morgan fingerprint density at radius 3 is 2.37 bits per heavy atom. The molecule has 0 radical (unpaired) electrons. The van der Waals surface area contributed by atoms with Crippen molar-refractivity contribution in [2.45, 2.75) is 83.0 Å². The van der Waals surface area contributed by atoms with Gasteiger partial charge in [-0.1, -0.05) is 37.1 Å². The third kappa shape index (κ3) is 8.53. The van der Waals surface area contributed by atoms with E-state index in [1.807, 2.05) is 51.0 Å². The van der Waals surface area contributed by atoms with Gasteiger partial charge in [-0.05, 0) is 68.0 Å². The summed E-state index contributed by atoms with van der Waals surface area (Å²) in [6, 6.07) is 15.0. The number of benzene rings is 3. The van der Waals surface area contributed by atoms with Crippen molar-refractivity contribution in [3.63, 3.8) is 0 Å². The highest BCUT2D eigenvalue weighted by Crippen LogP contribution is 2.32. The number of hydrogen-bond acceptors (Lipinski definition) is 9. The van der Waals surface area contributed by atoms with Gasteiger partial charge in [0.1, 0.15) is 17.7 Å². The first kappa shape index (κ1) is 41.2. The zero-order valence-electron chi connectivity index (χ0n) is 34.5. The zero-order valence-corrected chi connectivity index (χ0v) is 34.5. The third-order valence-corrected chi connectivity index (χ3v) is 12.5. The molecule has 16 heteroatoms. The van der Waals surface area contributed by atoms with E-state index < -0.39 is 23.6 Å². The lowest BCUT2D eigenvalue weighted by Gasteiger charge is -2.32. The average molecular weight is 846 g/mol. The molecule has 1 atom stereocenters. The summed E-state index contributed by atoms with van der Waals surface area (Å²) >= 11 is 0. The zero-order chi connectivity index (χ0) is 42.7. The Balaban J connectivity index is 0.766. The standard InChI is InChI=1S/C46H49F2N9O5/c47-35-24-30(25-36(48)34(35)29-53-20-22-62-23-21-53)33-8-7-9-37-44(33)51-38(27-49-37)31-26-50-56(28-31)32-15-18-54(19-16-32)43(59)12-3-1-2-6-17-55-39-10-4-5-11-40(39)57(46(55)61)41-13-14-42(58)52-45(41)60/h4-5,7-11,24-28,32,41H,1-3,6,12-23,29H2,(H,52,58,60). The largest absolute Gasteiger partial charge is 0.379 e. The Morgan fingerprint density at radius 1 is 0.839 bits per heavy atom. The van der Waals surface area contributed by atoms with E-state index >= 15 is 8.78 Å². The van der Waals surface area contributed by atoms with Gasteiger partial charge in [0.05, 0.1) is 59.4 Å². The second-order valence-corrected chi connectivity index (χ2v) is 16.5. The molecule has 3 fully saturated rings. The van der Waals surface area contributed by atoms with Crippen molar-refractivity contribution in [1.29, 1.82) is 0 Å². The van der Waals surface area contributed by atoms with Crippen LogP contribution in [-0.2, 0) is 32.2 Å². The van der Waals surface area contributed by atoms with E-state index in [-0.39, 0.29) is 42.1 Å². The lowest BCUT2D eigenvalue weighted by molar-refractivity contribution is -0.136. The maximum atomic E-state index is 15.4. The fourth-order valence-corrected chi connectivity index (χ4v) is 9.08. The number of nitrogens with one attached hydrogen (secondary N) is 1. The van der Waals surface area contributed by atoms with Gasteiger partial charge >= 0.3 is 5.69 Å². The summed E-state index contributed by atoms with van der Waals surface area (Å²) in [7, 11) is 0. The molecule has 6 heterocycles. The number of imidazole rings is 1. The number of rotatable bonds is 13. The van der Waals surface area contributed by atoms with Gasteiger partial charge in [0.2, 0.25) is 17.7 Å². The minimum absolute atomic E-state index is 0.0434. The third-order valence-electron chi connectivity index (χ3n) is 12.5. The highest BCUT2D eigenvalue weighted by Gasteiger charge is 2.32. The quantitative estimate of drug-likeness (QED) is 0.106. The molecule has 3 aromatic heterocycles. The van der Waals surface area contributed by atoms with Gasteiger partial charge in [0.25, 0.3) is 0 Å². The molecule has 322 valence electrons. The Bertz CT molecular complexity index is 2670. The number of piperidine rings is 2. The van der Waals surface area contributed by atoms with Crippen molar-refractivity contribution in [2.24, 2.45) is 0 Å². The van der Waals surface area contributed by atoms with Crippen LogP contribution in [0.5, 0.6) is 0 Å². The molecule has 0 saturated carbocycles. The SMILES string of the molecule is O=C1CCC(n2c(=O)n(CCCCCCC(=O)N3CCC(n4cc(-c5cnc6cccc(-c7cc(F)c(CN8CCOCC8)c(F)c7)c6n5)cn4)CC3)c3ccccc32)C(=O)N1. The normalized spacial score (nSPS) is 17.9. The molecule has 3 saturated heterocycles. The van der Waals surface area contributed by atoms with Gasteiger partial charge in [0.15, 0.2) is 0 Å². The minimum atomic E-state index is -0.718. The highest BCUT2D eigenvalue weighted by atomic mass is 19.1. The first-order chi connectivity index (χ1) is 30.2. The number of carbonyl (C=O) groups excluding carboxylic acids is 3. The van der Waals surface area contributed by atoms with E-state index in [1.165, 1.54) is 16.7 Å². The average Bonchev–Trinajstić information content (AvgIpc) is 3.89. The number of imide groups is 1. The lowest BCUT2D eigenvalue weighted by Crippen LogP contribution is -2.44. The summed E-state index contributed by atoms with van der Waals surface area (Å²) in [4.78, 5) is 64.5. The molecule has 3 aliphatic heterocycles. The maximum Gasteiger partial charge on any atom is 0.329 e. The molecule has 0 spiro atoms. The van der Waals surface area contributed by atoms with Crippen LogP contribution in [0.15, 0.2) is 78.0 Å². The van der Waals surface area contributed by atoms with Crippen LogP contribution in [0.1, 0.15) is 75.4 Å². The van der Waals surface area contributed by atoms with Crippen LogP contribution in [0.3, 0.4) is 0 Å². The topological polar surface area (TPSA) is 149 Å². The summed E-state index contributed by atoms with van der Waals surface area (Å²) in [6.45, 7) is 4.29. The van der Waals surface area contributed by atoms with Crippen LogP contribution in [-0.4, -0.2) is 95.8 Å². The summed E-state index contributed by atoms with van der Waals surface area (Å²) in [6.07, 6.45) is 11.1. The number of morpholine rings is 1. The molecule has 1 N–H and O–H groups in total. The first-order valence-electron chi connectivity index (χ1n) is 21.6. The van der Waals surface area contributed by atoms with Crippen molar-refractivity contribution in [2.75, 3.05) is 39.4 Å². The molecule has 0 aliphatic carbocycles. The second-order valence-electron chi connectivity index (χ2n) is 16.5. The first-order valence-corrected chi connectivity index (χ1v) is 21.6. The van der Waals surface area contributed by atoms with Crippen molar-refractivity contribution < 1.29 is 27.9 Å². The van der Waals surface area contributed by atoms with Gasteiger partial charge in [-0.25, -0.2) is 18.6 Å². The van der Waals surface area contributed by atoms with Gasteiger partial charge < -0.3 is 9.64 Å². The number of nitrogens with zero attached hydrogens (tertiary/aromatic N) is 8. The van der Waals surface area contributed by atoms with E-state index in [4.69, 9.17) is 9.72 Å². The van der Waals surface area contributed by atoms with Crippen LogP contribution >= 0.6 is 0 Å². The number of ether oxygens (including phenoxy) is 1. The van der Waals surface area contributed by atoms with Crippen molar-refractivity contribution in [3.05, 3.63) is 101 Å². The van der Waals surface area contributed by atoms with Crippen LogP contribution in [0, 0.1) is 11.6 Å². The van der Waals surface area contributed by atoms with Gasteiger partial charge in [-0.3, -0.25) is 43.4 Å². The van der Waals surface area contributed by atoms with Crippen LogP contribution in [0.25, 0.3) is 44.5 Å². The molecule has 3 amide bonds. The van der Waals surface area contributed by atoms with E-state index in [9.17, 15) is 19.2 Å². The number of carbonyl (C=O) groups is 3. The Labute approximate surface area is 356 Å². The number of hydrogen-bond donors (Lipinski definition) is 1. The van der Waals surface area contributed by atoms with E-state index in [2.05, 4.69) is 15.4 Å². The number of amides is 3. The van der Waals surface area contributed by atoms with Crippen LogP contribution in [0.4, 0.5) is 8.78 Å².